The molecule has 7 heteroatoms. The van der Waals surface area contributed by atoms with E-state index in [1.54, 1.807) is 6.92 Å². The molecule has 0 spiro atoms. The predicted octanol–water partition coefficient (Wildman–Crippen LogP) is 3.42. The molecule has 0 atom stereocenters. The Labute approximate surface area is 83.1 Å². The maximum absolute atomic E-state index is 12.6. The first-order valence-electron chi connectivity index (χ1n) is 4.42. The van der Waals surface area contributed by atoms with Gasteiger partial charge in [0, 0.05) is 6.42 Å². The van der Waals surface area contributed by atoms with Crippen LogP contribution in [0.5, 0.6) is 0 Å². The summed E-state index contributed by atoms with van der Waals surface area (Å²) in [6, 6.07) is 0. The third-order valence-corrected chi connectivity index (χ3v) is 1.93. The van der Waals surface area contributed by atoms with E-state index in [-0.39, 0.29) is 12.8 Å². The van der Waals surface area contributed by atoms with Gasteiger partial charge >= 0.3 is 18.0 Å². The highest BCUT2D eigenvalue weighted by molar-refractivity contribution is 4.90. The van der Waals surface area contributed by atoms with E-state index in [1.165, 1.54) is 0 Å². The molecule has 0 amide bonds. The van der Waals surface area contributed by atoms with E-state index < -0.39 is 24.4 Å². The quantitative estimate of drug-likeness (QED) is 0.555. The minimum absolute atomic E-state index is 0.239. The van der Waals surface area contributed by atoms with Crippen molar-refractivity contribution in [2.75, 3.05) is 0 Å². The van der Waals surface area contributed by atoms with Crippen LogP contribution in [0.2, 0.25) is 0 Å². The van der Waals surface area contributed by atoms with Crippen LogP contribution in [-0.2, 0) is 0 Å². The van der Waals surface area contributed by atoms with Crippen molar-refractivity contribution < 1.29 is 31.4 Å². The predicted molar refractivity (Wildman–Crippen MR) is 41.2 cm³/mol. The van der Waals surface area contributed by atoms with Crippen molar-refractivity contribution in [2.24, 2.45) is 0 Å². The molecule has 0 unspecified atom stereocenters. The number of hydrogen-bond acceptors (Lipinski definition) is 1. The van der Waals surface area contributed by atoms with Crippen LogP contribution in [0.1, 0.15) is 32.6 Å². The summed E-state index contributed by atoms with van der Waals surface area (Å²) in [7, 11) is 0. The molecule has 0 aliphatic heterocycles. The molecule has 0 radical (unpaired) electrons. The Kier molecular flexibility index (Phi) is 4.45. The fourth-order valence-corrected chi connectivity index (χ4v) is 0.974. The van der Waals surface area contributed by atoms with E-state index in [1.807, 2.05) is 0 Å². The average molecular weight is 238 g/mol. The van der Waals surface area contributed by atoms with Gasteiger partial charge in [0.25, 0.3) is 0 Å². The van der Waals surface area contributed by atoms with E-state index in [9.17, 15) is 26.3 Å². The Bertz CT molecular complexity index is 198. The average Bonchev–Trinajstić information content (AvgIpc) is 2.02. The van der Waals surface area contributed by atoms with Gasteiger partial charge in [-0.2, -0.15) is 26.3 Å². The Morgan fingerprint density at radius 1 is 0.933 bits per heavy atom. The molecule has 0 bridgehead atoms. The van der Waals surface area contributed by atoms with Crippen molar-refractivity contribution in [1.29, 1.82) is 0 Å². The van der Waals surface area contributed by atoms with Gasteiger partial charge in [-0.05, 0) is 6.42 Å². The van der Waals surface area contributed by atoms with Gasteiger partial charge in [-0.3, -0.25) is 0 Å². The van der Waals surface area contributed by atoms with Gasteiger partial charge in [0.1, 0.15) is 0 Å². The lowest BCUT2D eigenvalue weighted by Crippen LogP contribution is -2.53. The van der Waals surface area contributed by atoms with Crippen LogP contribution in [0.25, 0.3) is 0 Å². The summed E-state index contributed by atoms with van der Waals surface area (Å²) in [4.78, 5) is 0. The van der Waals surface area contributed by atoms with Gasteiger partial charge in [0.2, 0.25) is 0 Å². The van der Waals surface area contributed by atoms with E-state index in [0.717, 1.165) is 0 Å². The Morgan fingerprint density at radius 2 is 1.40 bits per heavy atom. The van der Waals surface area contributed by atoms with Crippen molar-refractivity contribution in [3.63, 3.8) is 0 Å². The minimum atomic E-state index is -5.73. The summed E-state index contributed by atoms with van der Waals surface area (Å²) in [6.07, 6.45) is -6.64. The van der Waals surface area contributed by atoms with Crippen molar-refractivity contribution in [3.8, 4) is 0 Å². The van der Waals surface area contributed by atoms with Gasteiger partial charge in [-0.25, -0.2) is 0 Å². The summed E-state index contributed by atoms with van der Waals surface area (Å²) in [6.45, 7) is 1.65. The highest BCUT2D eigenvalue weighted by Crippen LogP contribution is 2.46. The molecule has 0 aromatic carbocycles. The van der Waals surface area contributed by atoms with Gasteiger partial charge in [0.15, 0.2) is 0 Å². The fourth-order valence-electron chi connectivity index (χ4n) is 0.974. The highest BCUT2D eigenvalue weighted by atomic mass is 19.3. The second-order valence-electron chi connectivity index (χ2n) is 3.28. The van der Waals surface area contributed by atoms with Crippen molar-refractivity contribution in [3.05, 3.63) is 0 Å². The summed E-state index contributed by atoms with van der Waals surface area (Å²) in [5.74, 6) is -10.6. The van der Waals surface area contributed by atoms with E-state index >= 15 is 0 Å². The Hall–Kier alpha value is -0.460. The summed E-state index contributed by atoms with van der Waals surface area (Å²) in [5.41, 5.74) is 0. The maximum Gasteiger partial charge on any atom is 0.423 e. The smallest absolute Gasteiger partial charge is 0.331 e. The molecule has 0 aromatic heterocycles. The number of halogens is 6. The van der Waals surface area contributed by atoms with Gasteiger partial charge in [-0.15, -0.1) is 0 Å². The topological polar surface area (TPSA) is 20.2 Å². The first kappa shape index (κ1) is 14.5. The normalized spacial score (nSPS) is 14.4. The van der Waals surface area contributed by atoms with Crippen molar-refractivity contribution in [2.45, 2.75) is 50.6 Å². The third kappa shape index (κ3) is 3.25. The summed E-state index contributed by atoms with van der Waals surface area (Å²) in [5, 5.41) is 7.67. The molecule has 0 saturated heterocycles. The SMILES string of the molecule is CCCCCC(F)(F)C(F)(F)C(O)(F)F. The molecule has 0 heterocycles. The molecule has 15 heavy (non-hydrogen) atoms. The van der Waals surface area contributed by atoms with Crippen molar-refractivity contribution in [1.82, 2.24) is 0 Å². The molecule has 0 saturated carbocycles. The second-order valence-corrected chi connectivity index (χ2v) is 3.28. The zero-order valence-electron chi connectivity index (χ0n) is 8.04. The van der Waals surface area contributed by atoms with Crippen LogP contribution in [-0.4, -0.2) is 23.1 Å². The van der Waals surface area contributed by atoms with Crippen LogP contribution in [0, 0.1) is 0 Å². The number of aliphatic hydroxyl groups is 1. The van der Waals surface area contributed by atoms with E-state index in [2.05, 4.69) is 0 Å². The monoisotopic (exact) mass is 238 g/mol. The molecule has 0 aliphatic carbocycles. The van der Waals surface area contributed by atoms with Crippen LogP contribution in [0.3, 0.4) is 0 Å². The van der Waals surface area contributed by atoms with Crippen LogP contribution >= 0.6 is 0 Å². The summed E-state index contributed by atoms with van der Waals surface area (Å²) < 4.78 is 73.7. The molecule has 1 N–H and O–H groups in total. The lowest BCUT2D eigenvalue weighted by Gasteiger charge is -2.29. The number of rotatable bonds is 6. The van der Waals surface area contributed by atoms with E-state index in [0.29, 0.717) is 6.42 Å². The molecule has 1 nitrogen and oxygen atoms in total. The number of alkyl halides is 6. The number of hydrogen-bond donors (Lipinski definition) is 1. The van der Waals surface area contributed by atoms with Gasteiger partial charge < -0.3 is 5.11 Å². The van der Waals surface area contributed by atoms with Gasteiger partial charge in [-0.1, -0.05) is 19.8 Å². The van der Waals surface area contributed by atoms with Crippen molar-refractivity contribution >= 4 is 0 Å². The Morgan fingerprint density at radius 3 is 1.73 bits per heavy atom. The maximum atomic E-state index is 12.6. The standard InChI is InChI=1S/C8H12F6O/c1-2-3-4-5-6(9,10)7(11,12)8(13,14)15/h15H,2-5H2,1H3. The fraction of sp³-hybridized carbons (Fsp3) is 1.00. The minimum Gasteiger partial charge on any atom is -0.331 e. The van der Waals surface area contributed by atoms with Gasteiger partial charge in [0.05, 0.1) is 0 Å². The van der Waals surface area contributed by atoms with Crippen LogP contribution in [0.4, 0.5) is 26.3 Å². The summed E-state index contributed by atoms with van der Waals surface area (Å²) >= 11 is 0. The molecule has 0 aromatic rings. The highest BCUT2D eigenvalue weighted by Gasteiger charge is 2.70. The second kappa shape index (κ2) is 4.59. The first-order chi connectivity index (χ1) is 6.56. The zero-order chi connectivity index (χ0) is 12.3. The van der Waals surface area contributed by atoms with Crippen LogP contribution < -0.4 is 0 Å². The zero-order valence-corrected chi connectivity index (χ0v) is 8.04. The molecular formula is C8H12F6O. The molecular weight excluding hydrogens is 226 g/mol. The molecule has 0 aliphatic rings. The molecule has 92 valence electrons. The first-order valence-corrected chi connectivity index (χ1v) is 4.42. The van der Waals surface area contributed by atoms with E-state index in [4.69, 9.17) is 5.11 Å². The van der Waals surface area contributed by atoms with Crippen LogP contribution in [0.15, 0.2) is 0 Å². The third-order valence-electron chi connectivity index (χ3n) is 1.93. The number of unbranched alkanes of at least 4 members (excludes halogenated alkanes) is 2. The lowest BCUT2D eigenvalue weighted by atomic mass is 10.0. The lowest BCUT2D eigenvalue weighted by molar-refractivity contribution is -0.384. The molecule has 0 fully saturated rings. The Balaban J connectivity index is 4.56. The molecule has 0 rings (SSSR count). The largest absolute Gasteiger partial charge is 0.423 e.